The first-order chi connectivity index (χ1) is 25.3. The monoisotopic (exact) mass is 779 g/mol. The topological polar surface area (TPSA) is 124 Å². The third-order valence-corrected chi connectivity index (χ3v) is 8.31. The lowest BCUT2D eigenvalue weighted by Gasteiger charge is -2.21. The maximum Gasteiger partial charge on any atom is 0.573 e. The summed E-state index contributed by atoms with van der Waals surface area (Å²) < 4.78 is 88.7. The summed E-state index contributed by atoms with van der Waals surface area (Å²) in [6, 6.07) is 11.7. The minimum Gasteiger partial charge on any atom is -0.491 e. The smallest absolute Gasteiger partial charge is 0.491 e. The molecule has 3 aromatic carbocycles. The number of carbonyl (C=O) groups excluding carboxylic acids is 3. The summed E-state index contributed by atoms with van der Waals surface area (Å²) in [6.45, 7) is 7.88. The number of carbonyl (C=O) groups is 3. The number of hydrogen-bond donors (Lipinski definition) is 2. The van der Waals surface area contributed by atoms with Gasteiger partial charge in [-0.1, -0.05) is 44.7 Å². The molecule has 0 saturated carbocycles. The number of anilines is 2. The van der Waals surface area contributed by atoms with Crippen LogP contribution in [0.2, 0.25) is 0 Å². The van der Waals surface area contributed by atoms with E-state index in [1.807, 2.05) is 13.8 Å². The summed E-state index contributed by atoms with van der Waals surface area (Å²) in [5, 5.41) is 10.8. The highest BCUT2D eigenvalue weighted by molar-refractivity contribution is 8.15. The summed E-state index contributed by atoms with van der Waals surface area (Å²) in [6.07, 6.45) is -3.85. The van der Waals surface area contributed by atoms with Gasteiger partial charge >= 0.3 is 12.4 Å². The molecule has 0 aromatic heterocycles. The summed E-state index contributed by atoms with van der Waals surface area (Å²) in [4.78, 5) is 45.0. The number of nitrogens with zero attached hydrogens (tertiary/aromatic N) is 3. The molecule has 17 heteroatoms. The van der Waals surface area contributed by atoms with E-state index in [4.69, 9.17) is 10.1 Å². The largest absolute Gasteiger partial charge is 0.573 e. The molecule has 0 atom stereocenters. The van der Waals surface area contributed by atoms with Gasteiger partial charge < -0.3 is 25.1 Å². The predicted molar refractivity (Wildman–Crippen MR) is 196 cm³/mol. The molecule has 1 fully saturated rings. The molecular formula is C37H39F6N5O5S. The highest BCUT2D eigenvalue weighted by Gasteiger charge is 2.33. The van der Waals surface area contributed by atoms with Crippen molar-refractivity contribution in [1.82, 2.24) is 4.90 Å². The van der Waals surface area contributed by atoms with Crippen LogP contribution < -0.4 is 19.7 Å². The average molecular weight is 780 g/mol. The minimum atomic E-state index is -4.89. The Hall–Kier alpha value is -5.32. The molecule has 3 aromatic rings. The maximum absolute atomic E-state index is 15.2. The Kier molecular flexibility index (Phi) is 14.9. The number of nitrogens with one attached hydrogen (secondary N) is 2. The Morgan fingerprint density at radius 3 is 2.28 bits per heavy atom. The Bertz CT molecular complexity index is 1910. The van der Waals surface area contributed by atoms with Crippen molar-refractivity contribution in [3.8, 4) is 11.5 Å². The molecule has 1 aliphatic rings. The van der Waals surface area contributed by atoms with Gasteiger partial charge in [0.25, 0.3) is 5.91 Å². The van der Waals surface area contributed by atoms with Crippen LogP contribution in [-0.2, 0) is 4.79 Å². The average Bonchev–Trinajstić information content (AvgIpc) is 3.46. The molecule has 4 amide bonds. The van der Waals surface area contributed by atoms with Crippen LogP contribution in [0, 0.1) is 18.2 Å². The number of halogens is 6. The van der Waals surface area contributed by atoms with E-state index in [-0.39, 0.29) is 57.9 Å². The lowest BCUT2D eigenvalue weighted by atomic mass is 10.1. The standard InChI is InChI=1S/C35H33F6N5O5S.C2H6/c1-5-23(45(4)31(48)21-7-10-24(11-8-21)51-35(39,40)41)18-26(42)22-9-12-27(25(36)17-22)43-32(49)44-33-46(30(47)19-52-33)28-16-20(2)6-13-29(28)50-15-14-34(3,37)38;1-2/h6-13,16-18,42H,5,14-15,19H2,1-4H3,(H,43,49);1-2H3/b23-18+,42-26?,44-33-;. The molecular weight excluding hydrogens is 740 g/mol. The number of hydrogen-bond acceptors (Lipinski definition) is 7. The molecule has 10 nitrogen and oxygen atoms in total. The summed E-state index contributed by atoms with van der Waals surface area (Å²) in [5.41, 5.74) is 0.964. The van der Waals surface area contributed by atoms with Crippen molar-refractivity contribution in [1.29, 1.82) is 5.41 Å². The third kappa shape index (κ3) is 12.1. The molecule has 0 radical (unpaired) electrons. The van der Waals surface area contributed by atoms with Crippen LogP contribution >= 0.6 is 11.8 Å². The van der Waals surface area contributed by atoms with Crippen molar-refractivity contribution in [3.05, 3.63) is 94.9 Å². The Labute approximate surface area is 312 Å². The van der Waals surface area contributed by atoms with Gasteiger partial charge in [0.05, 0.1) is 29.4 Å². The Morgan fingerprint density at radius 2 is 1.69 bits per heavy atom. The van der Waals surface area contributed by atoms with Gasteiger partial charge in [-0.25, -0.2) is 18.0 Å². The maximum atomic E-state index is 15.2. The molecule has 1 aliphatic heterocycles. The second kappa shape index (κ2) is 18.6. The van der Waals surface area contributed by atoms with Gasteiger partial charge in [-0.3, -0.25) is 14.5 Å². The minimum absolute atomic E-state index is 0.0425. The normalized spacial score (nSPS) is 14.0. The number of aryl methyl sites for hydroxylation is 1. The number of amidine groups is 1. The zero-order chi connectivity index (χ0) is 40.4. The van der Waals surface area contributed by atoms with Crippen LogP contribution in [-0.4, -0.2) is 65.3 Å². The first kappa shape index (κ1) is 43.1. The van der Waals surface area contributed by atoms with Gasteiger partial charge in [0.2, 0.25) is 11.8 Å². The fourth-order valence-electron chi connectivity index (χ4n) is 4.77. The van der Waals surface area contributed by atoms with Gasteiger partial charge in [0.1, 0.15) is 17.3 Å². The van der Waals surface area contributed by atoms with Gasteiger partial charge in [-0.15, -0.1) is 13.2 Å². The Morgan fingerprint density at radius 1 is 1.04 bits per heavy atom. The first-order valence-electron chi connectivity index (χ1n) is 16.5. The molecule has 2 N–H and O–H groups in total. The summed E-state index contributed by atoms with van der Waals surface area (Å²) in [7, 11) is 1.42. The molecule has 290 valence electrons. The summed E-state index contributed by atoms with van der Waals surface area (Å²) in [5.74, 6) is -5.33. The second-order valence-corrected chi connectivity index (χ2v) is 12.5. The number of thioether (sulfide) groups is 1. The van der Waals surface area contributed by atoms with E-state index in [2.05, 4.69) is 15.0 Å². The van der Waals surface area contributed by atoms with E-state index in [1.165, 1.54) is 48.4 Å². The van der Waals surface area contributed by atoms with Crippen molar-refractivity contribution in [3.63, 3.8) is 0 Å². The number of amides is 4. The SMILES string of the molecule is CC.CC/C(=C\C(=N)c1ccc(NC(=O)/N=C2\SCC(=O)N2c2cc(C)ccc2OCCC(C)(F)F)c(F)c1)N(C)C(=O)c1ccc(OC(F)(F)F)cc1. The van der Waals surface area contributed by atoms with Crippen LogP contribution in [0.5, 0.6) is 11.5 Å². The van der Waals surface area contributed by atoms with Crippen molar-refractivity contribution in [2.45, 2.75) is 59.7 Å². The number of allylic oxidation sites excluding steroid dienone is 2. The highest BCUT2D eigenvalue weighted by atomic mass is 32.2. The van der Waals surface area contributed by atoms with E-state index in [0.29, 0.717) is 5.70 Å². The quantitative estimate of drug-likeness (QED) is 0.139. The fourth-order valence-corrected chi connectivity index (χ4v) is 5.63. The van der Waals surface area contributed by atoms with E-state index < -0.39 is 48.1 Å². The molecule has 4 rings (SSSR count). The Balaban J connectivity index is 0.00000385. The third-order valence-electron chi connectivity index (χ3n) is 7.38. The van der Waals surface area contributed by atoms with Gasteiger partial charge in [-0.05, 0) is 80.4 Å². The molecule has 1 heterocycles. The molecule has 0 bridgehead atoms. The molecule has 0 aliphatic carbocycles. The van der Waals surface area contributed by atoms with Crippen LogP contribution in [0.3, 0.4) is 0 Å². The zero-order valence-electron chi connectivity index (χ0n) is 30.2. The van der Waals surface area contributed by atoms with Crippen LogP contribution in [0.15, 0.2) is 77.4 Å². The van der Waals surface area contributed by atoms with Crippen LogP contribution in [0.1, 0.15) is 62.0 Å². The predicted octanol–water partition coefficient (Wildman–Crippen LogP) is 9.58. The lowest BCUT2D eigenvalue weighted by molar-refractivity contribution is -0.274. The fraction of sp³-hybridized carbons (Fsp3) is 0.324. The van der Waals surface area contributed by atoms with Gasteiger partial charge in [-0.2, -0.15) is 4.99 Å². The van der Waals surface area contributed by atoms with Gasteiger partial charge in [0, 0.05) is 30.3 Å². The zero-order valence-corrected chi connectivity index (χ0v) is 31.1. The van der Waals surface area contributed by atoms with Crippen molar-refractivity contribution >= 4 is 51.9 Å². The first-order valence-corrected chi connectivity index (χ1v) is 17.5. The van der Waals surface area contributed by atoms with Gasteiger partial charge in [0.15, 0.2) is 5.17 Å². The van der Waals surface area contributed by atoms with Crippen molar-refractivity contribution < 1.29 is 50.2 Å². The number of urea groups is 1. The summed E-state index contributed by atoms with van der Waals surface area (Å²) >= 11 is 0.946. The second-order valence-electron chi connectivity index (χ2n) is 11.5. The van der Waals surface area contributed by atoms with Crippen LogP contribution in [0.4, 0.5) is 42.5 Å². The lowest BCUT2D eigenvalue weighted by Crippen LogP contribution is -2.31. The van der Waals surface area contributed by atoms with E-state index in [0.717, 1.165) is 47.3 Å². The molecule has 0 spiro atoms. The number of alkyl halides is 5. The van der Waals surface area contributed by atoms with E-state index in [1.54, 1.807) is 26.0 Å². The van der Waals surface area contributed by atoms with Crippen LogP contribution in [0.25, 0.3) is 0 Å². The van der Waals surface area contributed by atoms with Crippen molar-refractivity contribution in [2.24, 2.45) is 4.99 Å². The number of benzene rings is 3. The highest BCUT2D eigenvalue weighted by Crippen LogP contribution is 2.36. The number of aliphatic imine (C=N–C) groups is 1. The van der Waals surface area contributed by atoms with Crippen molar-refractivity contribution in [2.75, 3.05) is 29.6 Å². The number of ether oxygens (including phenoxy) is 2. The molecule has 0 unspecified atom stereocenters. The number of rotatable bonds is 12. The van der Waals surface area contributed by atoms with E-state index >= 15 is 4.39 Å². The molecule has 1 saturated heterocycles. The molecule has 54 heavy (non-hydrogen) atoms. The van der Waals surface area contributed by atoms with E-state index in [9.17, 15) is 36.3 Å².